The number of nitrogens with zero attached hydrogens (tertiary/aromatic N) is 2. The molecular formula is C21H22N2O5. The van der Waals surface area contributed by atoms with Crippen molar-refractivity contribution >= 4 is 24.0 Å². The number of carbonyl (C=O) groups excluding carboxylic acids is 3. The number of hydrogen-bond acceptors (Lipinski definition) is 6. The monoisotopic (exact) mass is 382 g/mol. The average Bonchev–Trinajstić information content (AvgIpc) is 3.33. The number of para-hydroxylation sites is 1. The summed E-state index contributed by atoms with van der Waals surface area (Å²) in [4.78, 5) is 37.0. The van der Waals surface area contributed by atoms with E-state index in [2.05, 4.69) is 5.10 Å². The van der Waals surface area contributed by atoms with Gasteiger partial charge in [0.05, 0.1) is 24.2 Å². The number of hydrogen-bond donors (Lipinski definition) is 0. The van der Waals surface area contributed by atoms with E-state index in [9.17, 15) is 14.4 Å². The van der Waals surface area contributed by atoms with Crippen molar-refractivity contribution in [1.82, 2.24) is 5.01 Å². The third-order valence-corrected chi connectivity index (χ3v) is 5.39. The first-order valence-corrected chi connectivity index (χ1v) is 9.47. The van der Waals surface area contributed by atoms with E-state index in [0.29, 0.717) is 11.3 Å². The highest BCUT2D eigenvalue weighted by Gasteiger charge is 2.59. The van der Waals surface area contributed by atoms with Gasteiger partial charge in [-0.05, 0) is 44.2 Å². The number of amides is 2. The van der Waals surface area contributed by atoms with E-state index in [1.807, 2.05) is 12.2 Å². The van der Waals surface area contributed by atoms with Crippen LogP contribution in [-0.2, 0) is 19.1 Å². The summed E-state index contributed by atoms with van der Waals surface area (Å²) in [7, 11) is 0. The number of allylic oxidation sites excluding steroid dienone is 2. The van der Waals surface area contributed by atoms with Crippen LogP contribution in [0.25, 0.3) is 0 Å². The van der Waals surface area contributed by atoms with Crippen LogP contribution in [0.3, 0.4) is 0 Å². The molecule has 0 N–H and O–H groups in total. The number of imide groups is 1. The van der Waals surface area contributed by atoms with Crippen molar-refractivity contribution < 1.29 is 23.9 Å². The molecular weight excluding hydrogens is 360 g/mol. The van der Waals surface area contributed by atoms with Crippen LogP contribution in [-0.4, -0.2) is 41.7 Å². The molecule has 2 aliphatic carbocycles. The molecule has 0 aromatic heterocycles. The normalized spacial score (nSPS) is 27.9. The Morgan fingerprint density at radius 2 is 1.82 bits per heavy atom. The Kier molecular flexibility index (Phi) is 4.75. The van der Waals surface area contributed by atoms with Gasteiger partial charge < -0.3 is 9.47 Å². The molecule has 2 fully saturated rings. The molecule has 1 saturated carbocycles. The predicted molar refractivity (Wildman–Crippen MR) is 100 cm³/mol. The minimum absolute atomic E-state index is 0.147. The van der Waals surface area contributed by atoms with Crippen LogP contribution in [0, 0.1) is 23.7 Å². The van der Waals surface area contributed by atoms with Gasteiger partial charge in [-0.25, -0.2) is 4.79 Å². The van der Waals surface area contributed by atoms with Crippen LogP contribution in [0.5, 0.6) is 5.75 Å². The maximum Gasteiger partial charge on any atom is 0.344 e. The zero-order chi connectivity index (χ0) is 19.8. The van der Waals surface area contributed by atoms with Gasteiger partial charge in [-0.3, -0.25) is 9.59 Å². The molecule has 7 heteroatoms. The molecule has 28 heavy (non-hydrogen) atoms. The molecule has 3 aliphatic rings. The Hall–Kier alpha value is -2.96. The summed E-state index contributed by atoms with van der Waals surface area (Å²) in [6, 6.07) is 6.98. The first-order chi connectivity index (χ1) is 13.5. The Bertz CT molecular complexity index is 845. The number of hydrazone groups is 1. The fourth-order valence-electron chi connectivity index (χ4n) is 4.27. The van der Waals surface area contributed by atoms with E-state index in [0.717, 1.165) is 11.4 Å². The van der Waals surface area contributed by atoms with Crippen molar-refractivity contribution in [2.24, 2.45) is 28.8 Å². The maximum atomic E-state index is 12.7. The lowest BCUT2D eigenvalue weighted by atomic mass is 9.85. The van der Waals surface area contributed by atoms with Gasteiger partial charge in [-0.2, -0.15) is 10.1 Å². The lowest BCUT2D eigenvalue weighted by Gasteiger charge is -2.13. The highest BCUT2D eigenvalue weighted by Crippen LogP contribution is 2.52. The Labute approximate surface area is 163 Å². The van der Waals surface area contributed by atoms with E-state index in [1.54, 1.807) is 38.1 Å². The topological polar surface area (TPSA) is 85.3 Å². The fraction of sp³-hybridized carbons (Fsp3) is 0.429. The molecule has 4 rings (SSSR count). The predicted octanol–water partition coefficient (Wildman–Crippen LogP) is 2.16. The second-order valence-electron chi connectivity index (χ2n) is 7.60. The van der Waals surface area contributed by atoms with E-state index in [1.165, 1.54) is 6.21 Å². The fourth-order valence-corrected chi connectivity index (χ4v) is 4.27. The smallest absolute Gasteiger partial charge is 0.344 e. The van der Waals surface area contributed by atoms with Crippen LogP contribution in [0.1, 0.15) is 25.8 Å². The van der Waals surface area contributed by atoms with Gasteiger partial charge in [0, 0.05) is 5.56 Å². The van der Waals surface area contributed by atoms with Gasteiger partial charge in [0.25, 0.3) is 11.8 Å². The number of carbonyl (C=O) groups is 3. The van der Waals surface area contributed by atoms with Crippen molar-refractivity contribution in [3.63, 3.8) is 0 Å². The molecule has 1 aliphatic heterocycles. The van der Waals surface area contributed by atoms with Crippen molar-refractivity contribution in [3.8, 4) is 5.75 Å². The van der Waals surface area contributed by atoms with Gasteiger partial charge in [0.15, 0.2) is 6.61 Å². The molecule has 146 valence electrons. The van der Waals surface area contributed by atoms with Gasteiger partial charge >= 0.3 is 5.97 Å². The highest BCUT2D eigenvalue weighted by atomic mass is 16.6. The van der Waals surface area contributed by atoms with E-state index >= 15 is 0 Å². The second kappa shape index (κ2) is 7.22. The summed E-state index contributed by atoms with van der Waals surface area (Å²) in [5, 5.41) is 5.15. The third-order valence-electron chi connectivity index (χ3n) is 5.39. The molecule has 1 heterocycles. The van der Waals surface area contributed by atoms with Crippen LogP contribution >= 0.6 is 0 Å². The first-order valence-electron chi connectivity index (χ1n) is 9.47. The van der Waals surface area contributed by atoms with E-state index < -0.39 is 5.97 Å². The van der Waals surface area contributed by atoms with Crippen molar-refractivity contribution in [3.05, 3.63) is 42.0 Å². The van der Waals surface area contributed by atoms with Crippen LogP contribution < -0.4 is 4.74 Å². The van der Waals surface area contributed by atoms with Gasteiger partial charge in [-0.1, -0.05) is 24.3 Å². The summed E-state index contributed by atoms with van der Waals surface area (Å²) in [6.07, 6.45) is 6.18. The standard InChI is InChI=1S/C21H22N2O5/c1-12(2)28-17(24)11-27-16-6-4-3-5-15(16)10-22-23-20(25)18-13-7-8-14(9-13)19(18)21(23)26/h3-8,10,12-14,18-19H,9,11H2,1-2H3/t13-,14-,18-,19+/m0/s1. The highest BCUT2D eigenvalue weighted by molar-refractivity contribution is 6.06. The Morgan fingerprint density at radius 3 is 2.46 bits per heavy atom. The molecule has 1 aromatic rings. The summed E-state index contributed by atoms with van der Waals surface area (Å²) in [5.74, 6) is -0.781. The molecule has 4 atom stereocenters. The van der Waals surface area contributed by atoms with Crippen molar-refractivity contribution in [2.45, 2.75) is 26.4 Å². The molecule has 7 nitrogen and oxygen atoms in total. The van der Waals surface area contributed by atoms with Gasteiger partial charge in [0.1, 0.15) is 5.75 Å². The molecule has 0 radical (unpaired) electrons. The largest absolute Gasteiger partial charge is 0.481 e. The quantitative estimate of drug-likeness (QED) is 0.326. The SMILES string of the molecule is CC(C)OC(=O)COc1ccccc1C=NN1C(=O)[C@@H]2[C@H](C1=O)[C@H]1C=C[C@H]2C1. The molecule has 1 aromatic carbocycles. The number of benzene rings is 1. The number of esters is 1. The number of ether oxygens (including phenoxy) is 2. The molecule has 2 amide bonds. The molecule has 1 saturated heterocycles. The Morgan fingerprint density at radius 1 is 1.18 bits per heavy atom. The zero-order valence-electron chi connectivity index (χ0n) is 15.8. The third kappa shape index (κ3) is 3.21. The average molecular weight is 382 g/mol. The van der Waals surface area contributed by atoms with Crippen LogP contribution in [0.2, 0.25) is 0 Å². The van der Waals surface area contributed by atoms with E-state index in [4.69, 9.17) is 9.47 Å². The summed E-state index contributed by atoms with van der Waals surface area (Å²) < 4.78 is 10.6. The van der Waals surface area contributed by atoms with Gasteiger partial charge in [0.2, 0.25) is 0 Å². The van der Waals surface area contributed by atoms with Gasteiger partial charge in [-0.15, -0.1) is 0 Å². The number of fused-ring (bicyclic) bond motifs is 5. The number of rotatable bonds is 6. The lowest BCUT2D eigenvalue weighted by molar-refractivity contribution is -0.149. The minimum atomic E-state index is -0.470. The first kappa shape index (κ1) is 18.4. The zero-order valence-corrected chi connectivity index (χ0v) is 15.8. The molecule has 0 spiro atoms. The summed E-state index contributed by atoms with van der Waals surface area (Å²) in [6.45, 7) is 3.29. The van der Waals surface area contributed by atoms with E-state index in [-0.39, 0.29) is 48.2 Å². The Balaban J connectivity index is 1.46. The summed E-state index contributed by atoms with van der Waals surface area (Å²) >= 11 is 0. The van der Waals surface area contributed by atoms with Crippen LogP contribution in [0.4, 0.5) is 0 Å². The lowest BCUT2D eigenvalue weighted by Crippen LogP contribution is -2.28. The van der Waals surface area contributed by atoms with Crippen molar-refractivity contribution in [2.75, 3.05) is 6.61 Å². The summed E-state index contributed by atoms with van der Waals surface area (Å²) in [5.41, 5.74) is 0.568. The molecule has 2 bridgehead atoms. The second-order valence-corrected chi connectivity index (χ2v) is 7.60. The minimum Gasteiger partial charge on any atom is -0.481 e. The molecule has 0 unspecified atom stereocenters. The van der Waals surface area contributed by atoms with Crippen molar-refractivity contribution in [1.29, 1.82) is 0 Å². The van der Waals surface area contributed by atoms with Crippen LogP contribution in [0.15, 0.2) is 41.5 Å². The maximum absolute atomic E-state index is 12.7.